The smallest absolute Gasteiger partial charge is 0.311 e. The fraction of sp³-hybridized carbons (Fsp3) is 0.231. The van der Waals surface area contributed by atoms with E-state index in [0.29, 0.717) is 22.7 Å². The number of methoxy groups -OCH3 is 1. The van der Waals surface area contributed by atoms with Gasteiger partial charge in [-0.2, -0.15) is 0 Å². The molecule has 0 heterocycles. The van der Waals surface area contributed by atoms with E-state index < -0.39 is 23.5 Å². The highest BCUT2D eigenvalue weighted by atomic mass is 19.1. The SMILES string of the molecule is COc1ccc(N(C)C(=O)[C@@H](CCC(=O)Oc2ccccc2)Cc2cc(F)cc(F)c2)cc1. The maximum atomic E-state index is 13.7. The van der Waals surface area contributed by atoms with Crippen molar-refractivity contribution in [3.05, 3.63) is 90.0 Å². The van der Waals surface area contributed by atoms with Crippen molar-refractivity contribution >= 4 is 17.6 Å². The van der Waals surface area contributed by atoms with E-state index in [1.54, 1.807) is 68.8 Å². The third-order valence-corrected chi connectivity index (χ3v) is 5.22. The second-order valence-corrected chi connectivity index (χ2v) is 7.60. The maximum absolute atomic E-state index is 13.7. The van der Waals surface area contributed by atoms with Gasteiger partial charge in [0.15, 0.2) is 0 Å². The van der Waals surface area contributed by atoms with Crippen LogP contribution in [0, 0.1) is 17.6 Å². The van der Waals surface area contributed by atoms with Gasteiger partial charge in [-0.3, -0.25) is 9.59 Å². The molecule has 0 unspecified atom stereocenters. The van der Waals surface area contributed by atoms with Crippen LogP contribution in [0.4, 0.5) is 14.5 Å². The fourth-order valence-corrected chi connectivity index (χ4v) is 3.50. The first kappa shape index (κ1) is 23.9. The van der Waals surface area contributed by atoms with Crippen molar-refractivity contribution in [1.29, 1.82) is 0 Å². The molecule has 0 spiro atoms. The Morgan fingerprint density at radius 3 is 2.15 bits per heavy atom. The number of hydrogen-bond acceptors (Lipinski definition) is 4. The van der Waals surface area contributed by atoms with E-state index in [1.165, 1.54) is 17.0 Å². The van der Waals surface area contributed by atoms with Crippen LogP contribution >= 0.6 is 0 Å². The third-order valence-electron chi connectivity index (χ3n) is 5.22. The average molecular weight is 453 g/mol. The van der Waals surface area contributed by atoms with Crippen LogP contribution in [-0.2, 0) is 16.0 Å². The molecule has 33 heavy (non-hydrogen) atoms. The first-order valence-electron chi connectivity index (χ1n) is 10.5. The Kier molecular flexibility index (Phi) is 8.13. The molecule has 0 aliphatic heterocycles. The van der Waals surface area contributed by atoms with Crippen LogP contribution in [0.25, 0.3) is 0 Å². The molecule has 3 aromatic rings. The van der Waals surface area contributed by atoms with Gasteiger partial charge in [0.25, 0.3) is 0 Å². The fourth-order valence-electron chi connectivity index (χ4n) is 3.50. The van der Waals surface area contributed by atoms with Crippen molar-refractivity contribution in [2.24, 2.45) is 5.92 Å². The average Bonchev–Trinajstić information content (AvgIpc) is 2.81. The lowest BCUT2D eigenvalue weighted by molar-refractivity contribution is -0.135. The summed E-state index contributed by atoms with van der Waals surface area (Å²) in [6.45, 7) is 0. The van der Waals surface area contributed by atoms with Crippen LogP contribution in [0.2, 0.25) is 0 Å². The van der Waals surface area contributed by atoms with Gasteiger partial charge in [0.1, 0.15) is 23.1 Å². The number of esters is 1. The van der Waals surface area contributed by atoms with Crippen molar-refractivity contribution in [3.8, 4) is 11.5 Å². The van der Waals surface area contributed by atoms with Gasteiger partial charge < -0.3 is 14.4 Å². The van der Waals surface area contributed by atoms with Gasteiger partial charge in [0.2, 0.25) is 5.91 Å². The van der Waals surface area contributed by atoms with Crippen LogP contribution in [0.15, 0.2) is 72.8 Å². The quantitative estimate of drug-likeness (QED) is 0.331. The number of hydrogen-bond donors (Lipinski definition) is 0. The molecule has 0 aliphatic carbocycles. The number of nitrogens with zero attached hydrogens (tertiary/aromatic N) is 1. The number of halogens is 2. The lowest BCUT2D eigenvalue weighted by Gasteiger charge is -2.24. The van der Waals surface area contributed by atoms with Crippen molar-refractivity contribution in [2.75, 3.05) is 19.1 Å². The topological polar surface area (TPSA) is 55.8 Å². The number of carbonyl (C=O) groups is 2. The molecule has 0 bridgehead atoms. The molecular weight excluding hydrogens is 428 g/mol. The second-order valence-electron chi connectivity index (χ2n) is 7.60. The number of rotatable bonds is 9. The lowest BCUT2D eigenvalue weighted by Crippen LogP contribution is -2.34. The van der Waals surface area contributed by atoms with Gasteiger partial charge in [0, 0.05) is 31.1 Å². The standard InChI is InChI=1S/C26H25F2NO4/c1-29(22-9-11-23(32-2)12-10-22)26(31)19(14-18-15-20(27)17-21(28)16-18)8-13-25(30)33-24-6-4-3-5-7-24/h3-7,9-12,15-17,19H,8,13-14H2,1-2H3/t19-/m0/s1. The normalized spacial score (nSPS) is 11.5. The molecule has 0 N–H and O–H groups in total. The van der Waals surface area contributed by atoms with Crippen LogP contribution in [0.5, 0.6) is 11.5 Å². The minimum Gasteiger partial charge on any atom is -0.497 e. The minimum absolute atomic E-state index is 0.0282. The molecule has 3 aromatic carbocycles. The molecule has 0 fully saturated rings. The maximum Gasteiger partial charge on any atom is 0.311 e. The van der Waals surface area contributed by atoms with Crippen molar-refractivity contribution in [2.45, 2.75) is 19.3 Å². The molecule has 1 atom stereocenters. The highest BCUT2D eigenvalue weighted by Crippen LogP contribution is 2.24. The zero-order chi connectivity index (χ0) is 23.8. The summed E-state index contributed by atoms with van der Waals surface area (Å²) < 4.78 is 37.9. The largest absolute Gasteiger partial charge is 0.497 e. The Bertz CT molecular complexity index is 1070. The number of benzene rings is 3. The zero-order valence-electron chi connectivity index (χ0n) is 18.5. The van der Waals surface area contributed by atoms with E-state index in [2.05, 4.69) is 0 Å². The third kappa shape index (κ3) is 6.87. The van der Waals surface area contributed by atoms with E-state index in [9.17, 15) is 18.4 Å². The van der Waals surface area contributed by atoms with E-state index in [4.69, 9.17) is 9.47 Å². The monoisotopic (exact) mass is 453 g/mol. The molecule has 5 nitrogen and oxygen atoms in total. The summed E-state index contributed by atoms with van der Waals surface area (Å²) in [5.41, 5.74) is 0.966. The number of amides is 1. The van der Waals surface area contributed by atoms with E-state index in [0.717, 1.165) is 6.07 Å². The summed E-state index contributed by atoms with van der Waals surface area (Å²) in [6.07, 6.45) is 0.204. The van der Waals surface area contributed by atoms with E-state index in [-0.39, 0.29) is 25.2 Å². The minimum atomic E-state index is -0.719. The molecule has 0 radical (unpaired) electrons. The number of para-hydroxylation sites is 1. The van der Waals surface area contributed by atoms with Gasteiger partial charge in [-0.05, 0) is 66.9 Å². The van der Waals surface area contributed by atoms with Crippen molar-refractivity contribution < 1.29 is 27.8 Å². The number of carbonyl (C=O) groups excluding carboxylic acids is 2. The molecule has 0 saturated heterocycles. The van der Waals surface area contributed by atoms with Crippen LogP contribution in [0.1, 0.15) is 18.4 Å². The summed E-state index contributed by atoms with van der Waals surface area (Å²) in [5.74, 6) is -1.84. The Labute approximate surface area is 191 Å². The Morgan fingerprint density at radius 1 is 0.909 bits per heavy atom. The van der Waals surface area contributed by atoms with Crippen LogP contribution in [-0.4, -0.2) is 26.0 Å². The lowest BCUT2D eigenvalue weighted by atomic mass is 9.93. The molecule has 3 rings (SSSR count). The summed E-state index contributed by atoms with van der Waals surface area (Å²) in [6, 6.07) is 18.7. The van der Waals surface area contributed by atoms with Gasteiger partial charge in [-0.25, -0.2) is 8.78 Å². The molecular formula is C26H25F2NO4. The van der Waals surface area contributed by atoms with Crippen LogP contribution < -0.4 is 14.4 Å². The Morgan fingerprint density at radius 2 is 1.55 bits per heavy atom. The predicted molar refractivity (Wildman–Crippen MR) is 121 cm³/mol. The van der Waals surface area contributed by atoms with Gasteiger partial charge in [-0.15, -0.1) is 0 Å². The number of anilines is 1. The highest BCUT2D eigenvalue weighted by Gasteiger charge is 2.25. The summed E-state index contributed by atoms with van der Waals surface area (Å²) in [5, 5.41) is 0. The Balaban J connectivity index is 1.75. The Hall–Kier alpha value is -3.74. The zero-order valence-corrected chi connectivity index (χ0v) is 18.5. The second kappa shape index (κ2) is 11.2. The van der Waals surface area contributed by atoms with Gasteiger partial charge >= 0.3 is 5.97 Å². The number of ether oxygens (including phenoxy) is 2. The van der Waals surface area contributed by atoms with Crippen molar-refractivity contribution in [3.63, 3.8) is 0 Å². The van der Waals surface area contributed by atoms with E-state index >= 15 is 0 Å². The summed E-state index contributed by atoms with van der Waals surface area (Å²) in [4.78, 5) is 27.1. The summed E-state index contributed by atoms with van der Waals surface area (Å²) in [7, 11) is 3.16. The summed E-state index contributed by atoms with van der Waals surface area (Å²) >= 11 is 0. The van der Waals surface area contributed by atoms with Crippen molar-refractivity contribution in [1.82, 2.24) is 0 Å². The van der Waals surface area contributed by atoms with Gasteiger partial charge in [-0.1, -0.05) is 18.2 Å². The molecule has 0 aromatic heterocycles. The first-order valence-corrected chi connectivity index (χ1v) is 10.5. The highest BCUT2D eigenvalue weighted by molar-refractivity contribution is 5.95. The molecule has 0 saturated carbocycles. The first-order chi connectivity index (χ1) is 15.9. The molecule has 172 valence electrons. The van der Waals surface area contributed by atoms with Crippen LogP contribution in [0.3, 0.4) is 0 Å². The predicted octanol–water partition coefficient (Wildman–Crippen LogP) is 5.18. The van der Waals surface area contributed by atoms with Gasteiger partial charge in [0.05, 0.1) is 7.11 Å². The molecule has 7 heteroatoms. The molecule has 1 amide bonds. The molecule has 0 aliphatic rings. The van der Waals surface area contributed by atoms with E-state index in [1.807, 2.05) is 0 Å².